The molecule has 3 N–H and O–H groups in total. The van der Waals surface area contributed by atoms with Crippen LogP contribution >= 0.6 is 11.6 Å². The van der Waals surface area contributed by atoms with Crippen LogP contribution in [0.2, 0.25) is 5.02 Å². The first-order chi connectivity index (χ1) is 8.13. The first kappa shape index (κ1) is 10.2. The third-order valence-corrected chi connectivity index (χ3v) is 2.81. The highest BCUT2D eigenvalue weighted by atomic mass is 35.5. The third kappa shape index (κ3) is 1.64. The number of halogens is 1. The second-order valence-corrected chi connectivity index (χ2v) is 4.26. The lowest BCUT2D eigenvalue weighted by atomic mass is 10.1. The molecular weight excluding hydrogens is 242 g/mol. The predicted molar refractivity (Wildman–Crippen MR) is 63.7 cm³/mol. The SMILES string of the molecule is Nc1cc(-c2cc(Cl)cc3c2NC(=O)C3)on1. The predicted octanol–water partition coefficient (Wildman–Crippen LogP) is 2.07. The first-order valence-corrected chi connectivity index (χ1v) is 5.36. The molecule has 1 aromatic carbocycles. The van der Waals surface area contributed by atoms with Gasteiger partial charge in [-0.25, -0.2) is 0 Å². The van der Waals surface area contributed by atoms with E-state index < -0.39 is 0 Å². The highest BCUT2D eigenvalue weighted by molar-refractivity contribution is 6.31. The fourth-order valence-electron chi connectivity index (χ4n) is 1.92. The number of carbonyl (C=O) groups is 1. The zero-order valence-corrected chi connectivity index (χ0v) is 9.41. The van der Waals surface area contributed by atoms with E-state index in [4.69, 9.17) is 21.9 Å². The number of nitrogen functional groups attached to an aromatic ring is 1. The number of carbonyl (C=O) groups excluding carboxylic acids is 1. The molecule has 1 aromatic heterocycles. The lowest BCUT2D eigenvalue weighted by Gasteiger charge is -2.05. The van der Waals surface area contributed by atoms with Crippen molar-refractivity contribution in [3.8, 4) is 11.3 Å². The van der Waals surface area contributed by atoms with Crippen molar-refractivity contribution in [2.75, 3.05) is 11.1 Å². The van der Waals surface area contributed by atoms with Gasteiger partial charge in [-0.05, 0) is 17.7 Å². The summed E-state index contributed by atoms with van der Waals surface area (Å²) in [6, 6.07) is 5.07. The van der Waals surface area contributed by atoms with E-state index in [1.807, 2.05) is 0 Å². The molecule has 2 aromatic rings. The summed E-state index contributed by atoms with van der Waals surface area (Å²) in [4.78, 5) is 11.4. The van der Waals surface area contributed by atoms with Crippen molar-refractivity contribution in [1.29, 1.82) is 0 Å². The number of nitrogens with zero attached hydrogens (tertiary/aromatic N) is 1. The zero-order chi connectivity index (χ0) is 12.0. The molecule has 17 heavy (non-hydrogen) atoms. The van der Waals surface area contributed by atoms with Crippen LogP contribution in [0.4, 0.5) is 11.5 Å². The Kier molecular flexibility index (Phi) is 2.09. The minimum Gasteiger partial charge on any atom is -0.381 e. The van der Waals surface area contributed by atoms with Gasteiger partial charge in [0.15, 0.2) is 11.6 Å². The average molecular weight is 250 g/mol. The fourth-order valence-corrected chi connectivity index (χ4v) is 2.16. The quantitative estimate of drug-likeness (QED) is 0.811. The Morgan fingerprint density at radius 2 is 2.24 bits per heavy atom. The number of hydrogen-bond donors (Lipinski definition) is 2. The van der Waals surface area contributed by atoms with E-state index in [1.54, 1.807) is 18.2 Å². The Labute approximate surface area is 102 Å². The molecule has 86 valence electrons. The summed E-state index contributed by atoms with van der Waals surface area (Å²) in [7, 11) is 0. The number of hydrogen-bond acceptors (Lipinski definition) is 4. The van der Waals surface area contributed by atoms with Gasteiger partial charge in [-0.1, -0.05) is 16.8 Å². The van der Waals surface area contributed by atoms with Crippen LogP contribution in [0.25, 0.3) is 11.3 Å². The Hall–Kier alpha value is -2.01. The highest BCUT2D eigenvalue weighted by Gasteiger charge is 2.23. The molecule has 0 unspecified atom stereocenters. The molecule has 1 aliphatic rings. The van der Waals surface area contributed by atoms with Crippen molar-refractivity contribution >= 4 is 29.0 Å². The lowest BCUT2D eigenvalue weighted by molar-refractivity contribution is -0.115. The molecule has 2 heterocycles. The minimum absolute atomic E-state index is 0.0593. The largest absolute Gasteiger partial charge is 0.381 e. The molecule has 5 nitrogen and oxygen atoms in total. The van der Waals surface area contributed by atoms with Gasteiger partial charge in [0.1, 0.15) is 0 Å². The standard InChI is InChI=1S/C11H8ClN3O2/c12-6-1-5-2-10(16)14-11(5)7(3-6)8-4-9(13)15-17-8/h1,3-4H,2H2,(H2,13,15)(H,14,16). The van der Waals surface area contributed by atoms with Crippen molar-refractivity contribution in [2.45, 2.75) is 6.42 Å². The zero-order valence-electron chi connectivity index (χ0n) is 8.66. The number of nitrogens with two attached hydrogens (primary N) is 1. The van der Waals surface area contributed by atoms with Gasteiger partial charge in [0, 0.05) is 16.7 Å². The molecule has 0 saturated carbocycles. The van der Waals surface area contributed by atoms with Gasteiger partial charge in [0.05, 0.1) is 12.1 Å². The maximum absolute atomic E-state index is 11.4. The lowest BCUT2D eigenvalue weighted by Crippen LogP contribution is -2.04. The summed E-state index contributed by atoms with van der Waals surface area (Å²) in [5.74, 6) is 0.720. The summed E-state index contributed by atoms with van der Waals surface area (Å²) >= 11 is 6.00. The van der Waals surface area contributed by atoms with E-state index >= 15 is 0 Å². The van der Waals surface area contributed by atoms with Crippen molar-refractivity contribution in [3.05, 3.63) is 28.8 Å². The van der Waals surface area contributed by atoms with E-state index in [-0.39, 0.29) is 11.7 Å². The van der Waals surface area contributed by atoms with Gasteiger partial charge < -0.3 is 15.6 Å². The Balaban J connectivity index is 2.21. The van der Waals surface area contributed by atoms with Crippen LogP contribution < -0.4 is 11.1 Å². The molecule has 0 saturated heterocycles. The number of anilines is 2. The number of nitrogens with one attached hydrogen (secondary N) is 1. The van der Waals surface area contributed by atoms with Crippen LogP contribution in [-0.4, -0.2) is 11.1 Å². The van der Waals surface area contributed by atoms with Crippen molar-refractivity contribution in [3.63, 3.8) is 0 Å². The Morgan fingerprint density at radius 1 is 1.41 bits per heavy atom. The normalized spacial score (nSPS) is 13.6. The number of aromatic nitrogens is 1. The molecule has 0 radical (unpaired) electrons. The average Bonchev–Trinajstić information content (AvgIpc) is 2.82. The minimum atomic E-state index is -0.0593. The number of benzene rings is 1. The van der Waals surface area contributed by atoms with Gasteiger partial charge in [0.2, 0.25) is 5.91 Å². The first-order valence-electron chi connectivity index (χ1n) is 4.98. The number of rotatable bonds is 1. The van der Waals surface area contributed by atoms with Gasteiger partial charge in [-0.15, -0.1) is 0 Å². The van der Waals surface area contributed by atoms with Crippen LogP contribution in [0.1, 0.15) is 5.56 Å². The van der Waals surface area contributed by atoms with E-state index in [2.05, 4.69) is 10.5 Å². The van der Waals surface area contributed by atoms with Gasteiger partial charge in [0.25, 0.3) is 0 Å². The van der Waals surface area contributed by atoms with Gasteiger partial charge in [-0.2, -0.15) is 0 Å². The topological polar surface area (TPSA) is 81.1 Å². The molecule has 3 rings (SSSR count). The van der Waals surface area contributed by atoms with Crippen LogP contribution in [-0.2, 0) is 11.2 Å². The third-order valence-electron chi connectivity index (χ3n) is 2.59. The smallest absolute Gasteiger partial charge is 0.228 e. The molecule has 0 atom stereocenters. The Morgan fingerprint density at radius 3 is 2.94 bits per heavy atom. The molecule has 1 amide bonds. The summed E-state index contributed by atoms with van der Waals surface area (Å²) in [6.45, 7) is 0. The van der Waals surface area contributed by atoms with Gasteiger partial charge in [-0.3, -0.25) is 4.79 Å². The second-order valence-electron chi connectivity index (χ2n) is 3.83. The summed E-state index contributed by atoms with van der Waals surface area (Å²) in [5, 5.41) is 6.94. The number of amides is 1. The van der Waals surface area contributed by atoms with E-state index in [0.717, 1.165) is 11.3 Å². The monoisotopic (exact) mass is 249 g/mol. The maximum atomic E-state index is 11.4. The number of fused-ring (bicyclic) bond motifs is 1. The van der Waals surface area contributed by atoms with Crippen LogP contribution in [0.3, 0.4) is 0 Å². The fraction of sp³-hybridized carbons (Fsp3) is 0.0909. The second kappa shape index (κ2) is 3.49. The Bertz CT molecular complexity index is 621. The van der Waals surface area contributed by atoms with E-state index in [9.17, 15) is 4.79 Å². The maximum Gasteiger partial charge on any atom is 0.228 e. The van der Waals surface area contributed by atoms with Crippen LogP contribution in [0, 0.1) is 0 Å². The van der Waals surface area contributed by atoms with Crippen molar-refractivity contribution in [1.82, 2.24) is 5.16 Å². The van der Waals surface area contributed by atoms with Crippen molar-refractivity contribution < 1.29 is 9.32 Å². The van der Waals surface area contributed by atoms with Gasteiger partial charge >= 0.3 is 0 Å². The molecule has 0 aliphatic carbocycles. The van der Waals surface area contributed by atoms with E-state index in [1.165, 1.54) is 0 Å². The molecule has 1 aliphatic heterocycles. The molecule has 0 fully saturated rings. The summed E-state index contributed by atoms with van der Waals surface area (Å²) in [5.41, 5.74) is 7.77. The molecular formula is C11H8ClN3O2. The molecule has 0 spiro atoms. The van der Waals surface area contributed by atoms with Crippen LogP contribution in [0.15, 0.2) is 22.7 Å². The highest BCUT2D eigenvalue weighted by Crippen LogP contribution is 2.37. The van der Waals surface area contributed by atoms with E-state index in [0.29, 0.717) is 22.8 Å². The van der Waals surface area contributed by atoms with Crippen molar-refractivity contribution in [2.24, 2.45) is 0 Å². The summed E-state index contributed by atoms with van der Waals surface area (Å²) < 4.78 is 5.08. The molecule has 6 heteroatoms. The molecule has 0 bridgehead atoms. The summed E-state index contributed by atoms with van der Waals surface area (Å²) in [6.07, 6.45) is 0.326. The van der Waals surface area contributed by atoms with Crippen LogP contribution in [0.5, 0.6) is 0 Å².